The fourth-order valence-corrected chi connectivity index (χ4v) is 2.75. The summed E-state index contributed by atoms with van der Waals surface area (Å²) in [6, 6.07) is 3.94. The number of benzene rings is 1. The molecule has 102 valence electrons. The van der Waals surface area contributed by atoms with Gasteiger partial charge in [0.2, 0.25) is 0 Å². The second-order valence-electron chi connectivity index (χ2n) is 5.40. The third-order valence-corrected chi connectivity index (χ3v) is 3.69. The molecule has 0 aromatic heterocycles. The maximum Gasteiger partial charge on any atom is 0.314 e. The van der Waals surface area contributed by atoms with E-state index >= 15 is 0 Å². The molecular weight excluding hydrogens is 244 g/mol. The Bertz CT molecular complexity index is 529. The lowest BCUT2D eigenvalue weighted by Gasteiger charge is -2.33. The van der Waals surface area contributed by atoms with Crippen molar-refractivity contribution in [1.82, 2.24) is 0 Å². The third kappa shape index (κ3) is 2.48. The molecule has 0 unspecified atom stereocenters. The first-order valence-corrected chi connectivity index (χ1v) is 6.25. The van der Waals surface area contributed by atoms with Crippen molar-refractivity contribution < 1.29 is 19.1 Å². The average Bonchev–Trinajstić information content (AvgIpc) is 2.29. The van der Waals surface area contributed by atoms with Gasteiger partial charge in [0.15, 0.2) is 0 Å². The van der Waals surface area contributed by atoms with Crippen LogP contribution in [0.25, 0.3) is 0 Å². The number of cyclic esters (lactones) is 2. The van der Waals surface area contributed by atoms with E-state index in [0.29, 0.717) is 0 Å². The largest absolute Gasteiger partial charge is 0.496 e. The summed E-state index contributed by atoms with van der Waals surface area (Å²) in [7, 11) is 1.63. The molecule has 2 rings (SSSR count). The van der Waals surface area contributed by atoms with Crippen LogP contribution in [-0.4, -0.2) is 19.0 Å². The first kappa shape index (κ1) is 13.6. The molecule has 1 aliphatic heterocycles. The van der Waals surface area contributed by atoms with E-state index in [2.05, 4.69) is 4.74 Å². The summed E-state index contributed by atoms with van der Waals surface area (Å²) in [4.78, 5) is 23.0. The van der Waals surface area contributed by atoms with E-state index in [-0.39, 0.29) is 12.8 Å². The number of methoxy groups -OCH3 is 1. The molecule has 0 saturated carbocycles. The normalized spacial score (nSPS) is 18.1. The lowest BCUT2D eigenvalue weighted by molar-refractivity contribution is -0.166. The van der Waals surface area contributed by atoms with Gasteiger partial charge in [-0.05, 0) is 36.6 Å². The van der Waals surface area contributed by atoms with Crippen molar-refractivity contribution in [3.05, 3.63) is 28.8 Å². The van der Waals surface area contributed by atoms with Crippen molar-refractivity contribution in [1.29, 1.82) is 0 Å². The number of carbonyl (C=O) groups excluding carboxylic acids is 2. The van der Waals surface area contributed by atoms with Gasteiger partial charge >= 0.3 is 11.9 Å². The molecule has 0 spiro atoms. The highest BCUT2D eigenvalue weighted by Crippen LogP contribution is 2.39. The molecule has 0 aliphatic carbocycles. The summed E-state index contributed by atoms with van der Waals surface area (Å²) >= 11 is 0. The first-order valence-electron chi connectivity index (χ1n) is 6.25. The van der Waals surface area contributed by atoms with Crippen LogP contribution >= 0.6 is 0 Å². The number of carbonyl (C=O) groups is 2. The second kappa shape index (κ2) is 4.68. The quantitative estimate of drug-likeness (QED) is 0.606. The second-order valence-corrected chi connectivity index (χ2v) is 5.40. The molecule has 1 aromatic carbocycles. The van der Waals surface area contributed by atoms with E-state index in [9.17, 15) is 9.59 Å². The smallest absolute Gasteiger partial charge is 0.314 e. The highest BCUT2D eigenvalue weighted by molar-refractivity contribution is 5.90. The standard InChI is InChI=1S/C15H18O4/c1-9-6-12(18-4)10(2)5-11(9)15(3)7-13(16)19-14(17)8-15/h5-6H,7-8H2,1-4H3. The molecule has 0 atom stereocenters. The minimum Gasteiger partial charge on any atom is -0.496 e. The van der Waals surface area contributed by atoms with Gasteiger partial charge in [-0.25, -0.2) is 0 Å². The lowest BCUT2D eigenvalue weighted by Crippen LogP contribution is -2.37. The molecular formula is C15H18O4. The Balaban J connectivity index is 2.48. The number of aryl methyl sites for hydroxylation is 2. The van der Waals surface area contributed by atoms with Crippen molar-refractivity contribution in [2.45, 2.75) is 39.0 Å². The fraction of sp³-hybridized carbons (Fsp3) is 0.467. The monoisotopic (exact) mass is 262 g/mol. The molecule has 19 heavy (non-hydrogen) atoms. The molecule has 1 aliphatic rings. The molecule has 0 amide bonds. The van der Waals surface area contributed by atoms with Crippen LogP contribution in [0.5, 0.6) is 5.75 Å². The zero-order chi connectivity index (χ0) is 14.2. The van der Waals surface area contributed by atoms with Crippen molar-refractivity contribution in [3.63, 3.8) is 0 Å². The van der Waals surface area contributed by atoms with Gasteiger partial charge in [-0.3, -0.25) is 9.59 Å². The van der Waals surface area contributed by atoms with Crippen molar-refractivity contribution in [3.8, 4) is 5.75 Å². The predicted molar refractivity (Wildman–Crippen MR) is 70.2 cm³/mol. The number of rotatable bonds is 2. The first-order chi connectivity index (χ1) is 8.85. The zero-order valence-electron chi connectivity index (χ0n) is 11.7. The summed E-state index contributed by atoms with van der Waals surface area (Å²) < 4.78 is 9.90. The van der Waals surface area contributed by atoms with E-state index in [1.54, 1.807) is 7.11 Å². The molecule has 1 aromatic rings. The van der Waals surface area contributed by atoms with E-state index in [1.165, 1.54) is 0 Å². The van der Waals surface area contributed by atoms with Crippen molar-refractivity contribution in [2.75, 3.05) is 7.11 Å². The van der Waals surface area contributed by atoms with Gasteiger partial charge < -0.3 is 9.47 Å². The van der Waals surface area contributed by atoms with Crippen LogP contribution in [-0.2, 0) is 19.7 Å². The molecule has 4 heteroatoms. The van der Waals surface area contributed by atoms with Gasteiger partial charge in [0.05, 0.1) is 20.0 Å². The van der Waals surface area contributed by atoms with Crippen LogP contribution in [0.3, 0.4) is 0 Å². The molecule has 0 radical (unpaired) electrons. The van der Waals surface area contributed by atoms with Crippen LogP contribution < -0.4 is 4.74 Å². The molecule has 1 fully saturated rings. The lowest BCUT2D eigenvalue weighted by atomic mass is 9.73. The Labute approximate surface area is 112 Å². The van der Waals surface area contributed by atoms with E-state index in [4.69, 9.17) is 4.74 Å². The number of hydrogen-bond acceptors (Lipinski definition) is 4. The molecule has 0 bridgehead atoms. The van der Waals surface area contributed by atoms with Crippen LogP contribution in [0.1, 0.15) is 36.5 Å². The van der Waals surface area contributed by atoms with Crippen molar-refractivity contribution in [2.24, 2.45) is 0 Å². The summed E-state index contributed by atoms with van der Waals surface area (Å²) in [5.41, 5.74) is 2.53. The van der Waals surface area contributed by atoms with Gasteiger partial charge in [0.25, 0.3) is 0 Å². The maximum atomic E-state index is 11.5. The van der Waals surface area contributed by atoms with Gasteiger partial charge in [-0.15, -0.1) is 0 Å². The summed E-state index contributed by atoms with van der Waals surface area (Å²) in [5.74, 6) is -0.0900. The number of ether oxygens (including phenoxy) is 2. The Kier molecular flexibility index (Phi) is 3.35. The van der Waals surface area contributed by atoms with Gasteiger partial charge in [0.1, 0.15) is 5.75 Å². The fourth-order valence-electron chi connectivity index (χ4n) is 2.75. The Hall–Kier alpha value is -1.84. The van der Waals surface area contributed by atoms with E-state index < -0.39 is 17.4 Å². The number of hydrogen-bond donors (Lipinski definition) is 0. The van der Waals surface area contributed by atoms with Crippen LogP contribution in [0, 0.1) is 13.8 Å². The van der Waals surface area contributed by atoms with Gasteiger partial charge in [-0.1, -0.05) is 13.0 Å². The summed E-state index contributed by atoms with van der Waals surface area (Å²) in [6.07, 6.45) is 0.455. The van der Waals surface area contributed by atoms with E-state index in [0.717, 1.165) is 22.4 Å². The summed E-state index contributed by atoms with van der Waals surface area (Å²) in [6.45, 7) is 5.85. The topological polar surface area (TPSA) is 52.6 Å². The SMILES string of the molecule is COc1cc(C)c(C2(C)CC(=O)OC(=O)C2)cc1C. The summed E-state index contributed by atoms with van der Waals surface area (Å²) in [5, 5.41) is 0. The minimum atomic E-state index is -0.493. The predicted octanol–water partition coefficient (Wildman–Crippen LogP) is 2.43. The number of esters is 2. The van der Waals surface area contributed by atoms with Crippen molar-refractivity contribution >= 4 is 11.9 Å². The Morgan fingerprint density at radius 3 is 2.21 bits per heavy atom. The highest BCUT2D eigenvalue weighted by Gasteiger charge is 2.39. The van der Waals surface area contributed by atoms with Crippen LogP contribution in [0.2, 0.25) is 0 Å². The zero-order valence-corrected chi connectivity index (χ0v) is 11.7. The molecule has 1 saturated heterocycles. The Morgan fingerprint density at radius 1 is 1.11 bits per heavy atom. The maximum absolute atomic E-state index is 11.5. The Morgan fingerprint density at radius 2 is 1.68 bits per heavy atom. The highest BCUT2D eigenvalue weighted by atomic mass is 16.6. The minimum absolute atomic E-state index is 0.228. The van der Waals surface area contributed by atoms with Gasteiger partial charge in [0, 0.05) is 5.41 Å². The van der Waals surface area contributed by atoms with Crippen LogP contribution in [0.4, 0.5) is 0 Å². The average molecular weight is 262 g/mol. The van der Waals surface area contributed by atoms with Crippen LogP contribution in [0.15, 0.2) is 12.1 Å². The molecule has 1 heterocycles. The van der Waals surface area contributed by atoms with Gasteiger partial charge in [-0.2, -0.15) is 0 Å². The molecule has 4 nitrogen and oxygen atoms in total. The third-order valence-electron chi connectivity index (χ3n) is 3.69. The van der Waals surface area contributed by atoms with E-state index in [1.807, 2.05) is 32.9 Å². The molecule has 0 N–H and O–H groups in total.